The highest BCUT2D eigenvalue weighted by Gasteiger charge is 2.23. The van der Waals surface area contributed by atoms with Crippen molar-refractivity contribution in [3.05, 3.63) is 16.1 Å². The van der Waals surface area contributed by atoms with E-state index in [0.717, 1.165) is 18.7 Å². The summed E-state index contributed by atoms with van der Waals surface area (Å²) in [5, 5.41) is 3.24. The van der Waals surface area contributed by atoms with Gasteiger partial charge in [0.05, 0.1) is 16.6 Å². The summed E-state index contributed by atoms with van der Waals surface area (Å²) in [5.74, 6) is 0.519. The van der Waals surface area contributed by atoms with Gasteiger partial charge in [-0.05, 0) is 19.4 Å². The molecule has 0 N–H and O–H groups in total. The number of hydrogen-bond donors (Lipinski definition) is 0. The molecule has 0 aromatic carbocycles. The second-order valence-electron chi connectivity index (χ2n) is 5.64. The number of hydrogen-bond acceptors (Lipinski definition) is 3. The first kappa shape index (κ1) is 14.9. The minimum absolute atomic E-state index is 0.318. The Balaban J connectivity index is 2.45. The van der Waals surface area contributed by atoms with Gasteiger partial charge in [-0.15, -0.1) is 22.9 Å². The van der Waals surface area contributed by atoms with Gasteiger partial charge < -0.3 is 4.90 Å². The van der Waals surface area contributed by atoms with Gasteiger partial charge in [0.25, 0.3) is 0 Å². The van der Waals surface area contributed by atoms with Crippen LogP contribution in [0.3, 0.4) is 0 Å². The van der Waals surface area contributed by atoms with Crippen LogP contribution in [-0.2, 0) is 12.3 Å². The highest BCUT2D eigenvalue weighted by Crippen LogP contribution is 2.23. The zero-order valence-corrected chi connectivity index (χ0v) is 13.0. The number of rotatable bonds is 5. The van der Waals surface area contributed by atoms with E-state index < -0.39 is 0 Å². The summed E-state index contributed by atoms with van der Waals surface area (Å²) < 4.78 is 0. The molecular formula is C13H23ClN2S. The highest BCUT2D eigenvalue weighted by molar-refractivity contribution is 7.09. The fourth-order valence-electron chi connectivity index (χ4n) is 1.65. The minimum atomic E-state index is 0.318. The van der Waals surface area contributed by atoms with Gasteiger partial charge >= 0.3 is 0 Å². The molecule has 0 saturated heterocycles. The molecule has 0 amide bonds. The Labute approximate surface area is 114 Å². The summed E-state index contributed by atoms with van der Waals surface area (Å²) in [5.41, 5.74) is 1.32. The van der Waals surface area contributed by atoms with E-state index in [1.807, 2.05) is 0 Å². The van der Waals surface area contributed by atoms with Gasteiger partial charge in [-0.3, -0.25) is 0 Å². The smallest absolute Gasteiger partial charge is 0.0941 e. The standard InChI is InChI=1S/C13H23ClN2S/c1-10(13(2,3)4)16(5)7-6-12-15-11(8-14)9-17-12/h9-10H,6-8H2,1-5H3. The van der Waals surface area contributed by atoms with Crippen molar-refractivity contribution >= 4 is 22.9 Å². The van der Waals surface area contributed by atoms with Crippen molar-refractivity contribution in [1.29, 1.82) is 0 Å². The Kier molecular flexibility index (Phi) is 5.42. The molecule has 1 aromatic heterocycles. The van der Waals surface area contributed by atoms with E-state index in [9.17, 15) is 0 Å². The van der Waals surface area contributed by atoms with E-state index in [1.165, 1.54) is 5.01 Å². The molecule has 4 heteroatoms. The third-order valence-electron chi connectivity index (χ3n) is 3.33. The molecule has 0 radical (unpaired) electrons. The van der Waals surface area contributed by atoms with Crippen LogP contribution in [0.4, 0.5) is 0 Å². The van der Waals surface area contributed by atoms with Crippen molar-refractivity contribution in [2.45, 2.75) is 46.0 Å². The van der Waals surface area contributed by atoms with Crippen LogP contribution in [0.25, 0.3) is 0 Å². The highest BCUT2D eigenvalue weighted by atomic mass is 35.5. The molecule has 98 valence electrons. The Morgan fingerprint density at radius 3 is 2.59 bits per heavy atom. The lowest BCUT2D eigenvalue weighted by Crippen LogP contribution is -2.40. The number of likely N-dealkylation sites (N-methyl/N-ethyl adjacent to an activating group) is 1. The third-order valence-corrected chi connectivity index (χ3v) is 4.56. The maximum Gasteiger partial charge on any atom is 0.0941 e. The molecule has 0 saturated carbocycles. The van der Waals surface area contributed by atoms with Gasteiger partial charge in [0, 0.05) is 24.4 Å². The second-order valence-corrected chi connectivity index (χ2v) is 6.85. The van der Waals surface area contributed by atoms with Crippen LogP contribution in [0.15, 0.2) is 5.38 Å². The Hall–Kier alpha value is -0.120. The fourth-order valence-corrected chi connectivity index (χ4v) is 2.67. The van der Waals surface area contributed by atoms with E-state index in [0.29, 0.717) is 17.3 Å². The van der Waals surface area contributed by atoms with Gasteiger partial charge in [0.1, 0.15) is 0 Å². The van der Waals surface area contributed by atoms with Crippen molar-refractivity contribution < 1.29 is 0 Å². The second kappa shape index (κ2) is 6.17. The first-order valence-corrected chi connectivity index (χ1v) is 7.45. The molecule has 17 heavy (non-hydrogen) atoms. The van der Waals surface area contributed by atoms with Crippen molar-refractivity contribution in [3.63, 3.8) is 0 Å². The number of aromatic nitrogens is 1. The number of thiazole rings is 1. The molecule has 0 bridgehead atoms. The molecule has 1 aromatic rings. The SMILES string of the molecule is CC(N(C)CCc1nc(CCl)cs1)C(C)(C)C. The van der Waals surface area contributed by atoms with E-state index in [4.69, 9.17) is 11.6 Å². The molecule has 1 heterocycles. The quantitative estimate of drug-likeness (QED) is 0.760. The first-order chi connectivity index (χ1) is 7.84. The average Bonchev–Trinajstić information content (AvgIpc) is 2.71. The van der Waals surface area contributed by atoms with Gasteiger partial charge in [-0.2, -0.15) is 0 Å². The first-order valence-electron chi connectivity index (χ1n) is 6.04. The third kappa shape index (κ3) is 4.57. The van der Waals surface area contributed by atoms with Gasteiger partial charge in [-0.25, -0.2) is 4.98 Å². The lowest BCUT2D eigenvalue weighted by Gasteiger charge is -2.35. The van der Waals surface area contributed by atoms with E-state index in [1.54, 1.807) is 11.3 Å². The zero-order chi connectivity index (χ0) is 13.1. The van der Waals surface area contributed by atoms with Crippen molar-refractivity contribution in [2.24, 2.45) is 5.41 Å². The molecule has 0 aliphatic carbocycles. The molecule has 1 unspecified atom stereocenters. The Morgan fingerprint density at radius 2 is 2.12 bits per heavy atom. The van der Waals surface area contributed by atoms with E-state index >= 15 is 0 Å². The molecule has 2 nitrogen and oxygen atoms in total. The van der Waals surface area contributed by atoms with Crippen molar-refractivity contribution in [1.82, 2.24) is 9.88 Å². The molecule has 0 fully saturated rings. The van der Waals surface area contributed by atoms with Crippen molar-refractivity contribution in [2.75, 3.05) is 13.6 Å². The van der Waals surface area contributed by atoms with Crippen LogP contribution < -0.4 is 0 Å². The summed E-state index contributed by atoms with van der Waals surface area (Å²) >= 11 is 7.46. The fraction of sp³-hybridized carbons (Fsp3) is 0.769. The van der Waals surface area contributed by atoms with Gasteiger partial charge in [-0.1, -0.05) is 20.8 Å². The lowest BCUT2D eigenvalue weighted by molar-refractivity contribution is 0.142. The van der Waals surface area contributed by atoms with E-state index in [-0.39, 0.29) is 0 Å². The molecule has 1 rings (SSSR count). The molecule has 1 atom stereocenters. The summed E-state index contributed by atoms with van der Waals surface area (Å²) in [6.07, 6.45) is 1.01. The summed E-state index contributed by atoms with van der Waals surface area (Å²) in [7, 11) is 2.19. The predicted octanol–water partition coefficient (Wildman–Crippen LogP) is 3.79. The van der Waals surface area contributed by atoms with Crippen LogP contribution >= 0.6 is 22.9 Å². The largest absolute Gasteiger partial charge is 0.303 e. The minimum Gasteiger partial charge on any atom is -0.303 e. The van der Waals surface area contributed by atoms with Gasteiger partial charge in [0.15, 0.2) is 0 Å². The predicted molar refractivity (Wildman–Crippen MR) is 76.9 cm³/mol. The molecule has 0 spiro atoms. The zero-order valence-electron chi connectivity index (χ0n) is 11.5. The number of alkyl halides is 1. The maximum absolute atomic E-state index is 5.75. The monoisotopic (exact) mass is 274 g/mol. The van der Waals surface area contributed by atoms with Crippen LogP contribution in [0.2, 0.25) is 0 Å². The Morgan fingerprint density at radius 1 is 1.47 bits per heavy atom. The summed E-state index contributed by atoms with van der Waals surface area (Å²) in [4.78, 5) is 6.89. The lowest BCUT2D eigenvalue weighted by atomic mass is 9.87. The summed E-state index contributed by atoms with van der Waals surface area (Å²) in [6, 6.07) is 0.565. The average molecular weight is 275 g/mol. The van der Waals surface area contributed by atoms with Crippen LogP contribution in [0, 0.1) is 5.41 Å². The van der Waals surface area contributed by atoms with Crippen LogP contribution in [0.1, 0.15) is 38.4 Å². The topological polar surface area (TPSA) is 16.1 Å². The normalized spacial score (nSPS) is 14.3. The Bertz CT molecular complexity index is 343. The molecular weight excluding hydrogens is 252 g/mol. The number of nitrogens with zero attached hydrogens (tertiary/aromatic N) is 2. The van der Waals surface area contributed by atoms with E-state index in [2.05, 4.69) is 50.0 Å². The molecule has 0 aliphatic heterocycles. The van der Waals surface area contributed by atoms with Crippen LogP contribution in [0.5, 0.6) is 0 Å². The molecule has 0 aliphatic rings. The van der Waals surface area contributed by atoms with Crippen LogP contribution in [-0.4, -0.2) is 29.5 Å². The van der Waals surface area contributed by atoms with Gasteiger partial charge in [0.2, 0.25) is 0 Å². The summed E-state index contributed by atoms with van der Waals surface area (Å²) in [6.45, 7) is 10.2. The maximum atomic E-state index is 5.75. The number of halogens is 1. The van der Waals surface area contributed by atoms with Crippen molar-refractivity contribution in [3.8, 4) is 0 Å².